The lowest BCUT2D eigenvalue weighted by molar-refractivity contribution is 0.109. The number of aromatic nitrogens is 2. The van der Waals surface area contributed by atoms with Crippen molar-refractivity contribution in [3.8, 4) is 11.5 Å². The van der Waals surface area contributed by atoms with Gasteiger partial charge in [-0.3, -0.25) is 0 Å². The van der Waals surface area contributed by atoms with Crippen LogP contribution in [0.5, 0.6) is 0 Å². The van der Waals surface area contributed by atoms with Gasteiger partial charge < -0.3 is 15.0 Å². The summed E-state index contributed by atoms with van der Waals surface area (Å²) in [5.41, 5.74) is 6.89. The first-order valence-electron chi connectivity index (χ1n) is 5.04. The smallest absolute Gasteiger partial charge is 0.260 e. The Morgan fingerprint density at radius 2 is 2.24 bits per heavy atom. The van der Waals surface area contributed by atoms with E-state index in [1.165, 1.54) is 0 Å². The second kappa shape index (κ2) is 4.73. The van der Waals surface area contributed by atoms with E-state index >= 15 is 0 Å². The van der Waals surface area contributed by atoms with E-state index in [2.05, 4.69) is 10.1 Å². The molecule has 1 aromatic heterocycles. The third-order valence-corrected chi connectivity index (χ3v) is 2.77. The molecule has 1 heterocycles. The Morgan fingerprint density at radius 1 is 1.47 bits per heavy atom. The summed E-state index contributed by atoms with van der Waals surface area (Å²) in [6, 6.07) is 5.25. The molecule has 2 rings (SSSR count). The lowest BCUT2D eigenvalue weighted by Gasteiger charge is -2.02. The minimum absolute atomic E-state index is 0.229. The molecular formula is C11H12ClN3O2. The van der Waals surface area contributed by atoms with Crippen LogP contribution in [-0.4, -0.2) is 17.3 Å². The molecule has 1 unspecified atom stereocenters. The molecule has 0 fully saturated rings. The first-order chi connectivity index (χ1) is 8.13. The number of benzene rings is 1. The van der Waals surface area contributed by atoms with Gasteiger partial charge in [0.25, 0.3) is 5.89 Å². The van der Waals surface area contributed by atoms with Crippen LogP contribution in [0.3, 0.4) is 0 Å². The molecule has 1 atom stereocenters. The zero-order valence-corrected chi connectivity index (χ0v) is 10.2. The maximum Gasteiger partial charge on any atom is 0.260 e. The Balaban J connectivity index is 2.40. The van der Waals surface area contributed by atoms with Gasteiger partial charge in [-0.15, -0.1) is 0 Å². The minimum atomic E-state index is -0.229. The van der Waals surface area contributed by atoms with E-state index < -0.39 is 0 Å². The fraction of sp³-hybridized carbons (Fsp3) is 0.273. The Bertz CT molecular complexity index is 527. The molecule has 2 aromatic rings. The lowest BCUT2D eigenvalue weighted by Crippen LogP contribution is -1.98. The molecule has 0 spiro atoms. The molecule has 0 bridgehead atoms. The van der Waals surface area contributed by atoms with Crippen LogP contribution < -0.4 is 5.73 Å². The summed E-state index contributed by atoms with van der Waals surface area (Å²) < 4.78 is 10.2. The predicted octanol–water partition coefficient (Wildman–Crippen LogP) is 2.68. The van der Waals surface area contributed by atoms with Crippen molar-refractivity contribution in [3.05, 3.63) is 29.0 Å². The van der Waals surface area contributed by atoms with Crippen LogP contribution >= 0.6 is 11.6 Å². The highest BCUT2D eigenvalue weighted by molar-refractivity contribution is 6.33. The van der Waals surface area contributed by atoms with Crippen molar-refractivity contribution in [3.63, 3.8) is 0 Å². The highest BCUT2D eigenvalue weighted by Crippen LogP contribution is 2.30. The molecule has 0 amide bonds. The molecule has 5 nitrogen and oxygen atoms in total. The average molecular weight is 254 g/mol. The Labute approximate surface area is 104 Å². The normalized spacial score (nSPS) is 12.6. The maximum atomic E-state index is 5.92. The molecule has 0 aliphatic heterocycles. The number of nitrogens with two attached hydrogens (primary N) is 1. The van der Waals surface area contributed by atoms with E-state index in [9.17, 15) is 0 Å². The van der Waals surface area contributed by atoms with Gasteiger partial charge in [-0.1, -0.05) is 22.8 Å². The molecule has 0 aliphatic carbocycles. The second-order valence-electron chi connectivity index (χ2n) is 3.54. The summed E-state index contributed by atoms with van der Waals surface area (Å²) in [5.74, 6) is 0.811. The van der Waals surface area contributed by atoms with Crippen molar-refractivity contribution in [1.29, 1.82) is 0 Å². The fourth-order valence-corrected chi connectivity index (χ4v) is 1.51. The van der Waals surface area contributed by atoms with Crippen molar-refractivity contribution in [1.82, 2.24) is 10.1 Å². The van der Waals surface area contributed by atoms with Crippen LogP contribution in [0.25, 0.3) is 11.5 Å². The standard InChI is InChI=1S/C11H12ClN3O2/c1-6(16-2)10-14-11(17-15-10)7-4-3-5-8(12)9(7)13/h3-6H,13H2,1-2H3. The first-order valence-corrected chi connectivity index (χ1v) is 5.42. The quantitative estimate of drug-likeness (QED) is 0.852. The molecule has 2 N–H and O–H groups in total. The van der Waals surface area contributed by atoms with Gasteiger partial charge in [-0.2, -0.15) is 4.98 Å². The Kier molecular flexibility index (Phi) is 3.31. The molecule has 0 saturated heterocycles. The van der Waals surface area contributed by atoms with Gasteiger partial charge >= 0.3 is 0 Å². The summed E-state index contributed by atoms with van der Waals surface area (Å²) in [4.78, 5) is 4.21. The molecule has 0 radical (unpaired) electrons. The van der Waals surface area contributed by atoms with Crippen molar-refractivity contribution in [2.45, 2.75) is 13.0 Å². The number of nitrogens with zero attached hydrogens (tertiary/aromatic N) is 2. The third-order valence-electron chi connectivity index (χ3n) is 2.44. The van der Waals surface area contributed by atoms with E-state index in [0.29, 0.717) is 28.0 Å². The average Bonchev–Trinajstić information content (AvgIpc) is 2.81. The molecular weight excluding hydrogens is 242 g/mol. The van der Waals surface area contributed by atoms with Crippen LogP contribution in [0.15, 0.2) is 22.7 Å². The molecule has 17 heavy (non-hydrogen) atoms. The third kappa shape index (κ3) is 2.25. The van der Waals surface area contributed by atoms with Crippen molar-refractivity contribution < 1.29 is 9.26 Å². The van der Waals surface area contributed by atoms with Crippen molar-refractivity contribution in [2.24, 2.45) is 0 Å². The molecule has 0 saturated carbocycles. The number of nitrogen functional groups attached to an aromatic ring is 1. The number of ether oxygens (including phenoxy) is 1. The van der Waals surface area contributed by atoms with Gasteiger partial charge in [0.1, 0.15) is 6.10 Å². The van der Waals surface area contributed by atoms with Crippen LogP contribution in [0, 0.1) is 0 Å². The van der Waals surface area contributed by atoms with Crippen LogP contribution in [0.4, 0.5) is 5.69 Å². The Hall–Kier alpha value is -1.59. The molecule has 90 valence electrons. The number of rotatable bonds is 3. The van der Waals surface area contributed by atoms with Gasteiger partial charge in [0, 0.05) is 7.11 Å². The summed E-state index contributed by atoms with van der Waals surface area (Å²) in [6.45, 7) is 1.83. The number of anilines is 1. The fourth-order valence-electron chi connectivity index (χ4n) is 1.34. The summed E-state index contributed by atoms with van der Waals surface area (Å²) >= 11 is 5.92. The Morgan fingerprint density at radius 3 is 2.94 bits per heavy atom. The van der Waals surface area contributed by atoms with Crippen LogP contribution in [0.1, 0.15) is 18.9 Å². The van der Waals surface area contributed by atoms with Gasteiger partial charge in [0.2, 0.25) is 5.82 Å². The minimum Gasteiger partial charge on any atom is -0.397 e. The van der Waals surface area contributed by atoms with Crippen molar-refractivity contribution in [2.75, 3.05) is 12.8 Å². The molecule has 0 aliphatic rings. The topological polar surface area (TPSA) is 74.2 Å². The zero-order valence-electron chi connectivity index (χ0n) is 9.48. The number of methoxy groups -OCH3 is 1. The van der Waals surface area contributed by atoms with Crippen LogP contribution in [-0.2, 0) is 4.74 Å². The predicted molar refractivity (Wildman–Crippen MR) is 64.6 cm³/mol. The van der Waals surface area contributed by atoms with E-state index in [4.69, 9.17) is 26.6 Å². The van der Waals surface area contributed by atoms with E-state index in [1.807, 2.05) is 6.92 Å². The first kappa shape index (κ1) is 11.9. The van der Waals surface area contributed by atoms with Gasteiger partial charge in [0.15, 0.2) is 0 Å². The van der Waals surface area contributed by atoms with Crippen LogP contribution in [0.2, 0.25) is 5.02 Å². The highest BCUT2D eigenvalue weighted by atomic mass is 35.5. The highest BCUT2D eigenvalue weighted by Gasteiger charge is 2.16. The molecule has 6 heteroatoms. The number of hydrogen-bond acceptors (Lipinski definition) is 5. The second-order valence-corrected chi connectivity index (χ2v) is 3.94. The summed E-state index contributed by atoms with van der Waals surface area (Å²) in [7, 11) is 1.58. The van der Waals surface area contributed by atoms with E-state index in [1.54, 1.807) is 25.3 Å². The summed E-state index contributed by atoms with van der Waals surface area (Å²) in [6.07, 6.45) is -0.229. The monoisotopic (exact) mass is 253 g/mol. The van der Waals surface area contributed by atoms with E-state index in [0.717, 1.165) is 0 Å². The molecule has 1 aromatic carbocycles. The maximum absolute atomic E-state index is 5.92. The summed E-state index contributed by atoms with van der Waals surface area (Å²) in [5, 5.41) is 4.28. The largest absolute Gasteiger partial charge is 0.397 e. The zero-order chi connectivity index (χ0) is 12.4. The number of hydrogen-bond donors (Lipinski definition) is 1. The lowest BCUT2D eigenvalue weighted by atomic mass is 10.2. The number of halogens is 1. The van der Waals surface area contributed by atoms with Gasteiger partial charge in [-0.25, -0.2) is 0 Å². The number of para-hydroxylation sites is 1. The SMILES string of the molecule is COC(C)c1noc(-c2cccc(Cl)c2N)n1. The van der Waals surface area contributed by atoms with Crippen molar-refractivity contribution >= 4 is 17.3 Å². The van der Waals surface area contributed by atoms with Gasteiger partial charge in [-0.05, 0) is 19.1 Å². The van der Waals surface area contributed by atoms with Gasteiger partial charge in [0.05, 0.1) is 16.3 Å². The van der Waals surface area contributed by atoms with E-state index in [-0.39, 0.29) is 6.10 Å².